The Morgan fingerprint density at radius 2 is 0.872 bits per heavy atom. The zero-order chi connectivity index (χ0) is 34.0. The van der Waals surface area contributed by atoms with Crippen LogP contribution in [0, 0.1) is 0 Å². The van der Waals surface area contributed by atoms with Crippen LogP contribution in [-0.4, -0.2) is 23.9 Å². The van der Waals surface area contributed by atoms with E-state index < -0.39 is 8.17 Å². The minimum atomic E-state index is -3.57. The minimum Gasteiger partial charge on any atom is -0.427 e. The molecule has 2 aromatic carbocycles. The molecule has 0 saturated carbocycles. The quantitative estimate of drug-likeness (QED) is 0.0412. The molecule has 0 saturated heterocycles. The van der Waals surface area contributed by atoms with E-state index >= 15 is 0 Å². The van der Waals surface area contributed by atoms with Crippen molar-refractivity contribution in [3.8, 4) is 11.5 Å². The molecular weight excluding hydrogens is 615 g/mol. The molecule has 9 heteroatoms. The van der Waals surface area contributed by atoms with Gasteiger partial charge in [0.05, 0.1) is 7.11 Å². The molecule has 0 aliphatic heterocycles. The largest absolute Gasteiger partial charge is 0.572 e. The summed E-state index contributed by atoms with van der Waals surface area (Å²) in [6.45, 7) is 4.39. The summed E-state index contributed by atoms with van der Waals surface area (Å²) in [5.41, 5.74) is 1.52. The zero-order valence-electron chi connectivity index (χ0n) is 29.2. The summed E-state index contributed by atoms with van der Waals surface area (Å²) in [4.78, 5) is 34.8. The summed E-state index contributed by atoms with van der Waals surface area (Å²) in [5, 5.41) is 0. The van der Waals surface area contributed by atoms with Gasteiger partial charge in [0, 0.05) is 12.8 Å². The van der Waals surface area contributed by atoms with Gasteiger partial charge >= 0.3 is 20.1 Å². The third-order valence-electron chi connectivity index (χ3n) is 8.05. The van der Waals surface area contributed by atoms with E-state index in [4.69, 9.17) is 23.0 Å². The first-order valence-electron chi connectivity index (χ1n) is 17.9. The smallest absolute Gasteiger partial charge is 0.427 e. The van der Waals surface area contributed by atoms with Gasteiger partial charge in [0.15, 0.2) is 0 Å². The lowest BCUT2D eigenvalue weighted by atomic mass is 10.0. The first kappa shape index (κ1) is 40.8. The van der Waals surface area contributed by atoms with Crippen molar-refractivity contribution in [3.63, 3.8) is 0 Å². The fourth-order valence-corrected chi connectivity index (χ4v) is 6.00. The van der Waals surface area contributed by atoms with Gasteiger partial charge in [-0.05, 0) is 48.2 Å². The second-order valence-corrected chi connectivity index (χ2v) is 14.1. The number of unbranched alkanes of at least 4 members (excludes halogenated alkanes) is 15. The van der Waals surface area contributed by atoms with Crippen LogP contribution in [0.5, 0.6) is 11.5 Å². The number of hydrogen-bond acceptors (Lipinski definition) is 8. The second kappa shape index (κ2) is 25.6. The molecule has 0 spiro atoms. The van der Waals surface area contributed by atoms with Crippen molar-refractivity contribution >= 4 is 20.1 Å². The molecule has 1 unspecified atom stereocenters. The summed E-state index contributed by atoms with van der Waals surface area (Å²) >= 11 is 0. The number of esters is 2. The Labute approximate surface area is 284 Å². The van der Waals surface area contributed by atoms with Crippen molar-refractivity contribution in [1.29, 1.82) is 0 Å². The van der Waals surface area contributed by atoms with E-state index in [2.05, 4.69) is 6.92 Å². The molecule has 2 rings (SSSR count). The van der Waals surface area contributed by atoms with E-state index in [0.29, 0.717) is 24.3 Å². The molecule has 1 N–H and O–H groups in total. The van der Waals surface area contributed by atoms with Crippen molar-refractivity contribution in [2.45, 2.75) is 149 Å². The van der Waals surface area contributed by atoms with Gasteiger partial charge < -0.3 is 9.47 Å². The van der Waals surface area contributed by atoms with E-state index in [-0.39, 0.29) is 25.2 Å². The molecule has 1 atom stereocenters. The Morgan fingerprint density at radius 3 is 1.23 bits per heavy atom. The Morgan fingerprint density at radius 1 is 0.532 bits per heavy atom. The average molecular weight is 676 g/mol. The van der Waals surface area contributed by atoms with E-state index in [1.54, 1.807) is 48.5 Å². The number of hydrogen-bond donors (Lipinski definition) is 1. The molecule has 264 valence electrons. The molecule has 47 heavy (non-hydrogen) atoms. The van der Waals surface area contributed by atoms with Crippen LogP contribution in [0.1, 0.15) is 147 Å². The minimum absolute atomic E-state index is 0.0520. The standard InChI is InChI=1S/C38H60O8P/c1-4-6-8-9-10-11-12-13-14-15-16-17-18-19-20-22-38(40)46-36-29-25-34(26-30-36)32-44-47(41,42-3)43-31-33-23-27-35(28-24-33)45-37(39)21-7-5-2/h23-30,41H,4-22,31-32H2,1-3H3/q+1. The van der Waals surface area contributed by atoms with Crippen molar-refractivity contribution in [3.05, 3.63) is 59.7 Å². The number of carbonyl (C=O) groups excluding carboxylic acids is 2. The van der Waals surface area contributed by atoms with Crippen LogP contribution in [0.25, 0.3) is 0 Å². The first-order valence-corrected chi connectivity index (χ1v) is 19.4. The van der Waals surface area contributed by atoms with Gasteiger partial charge in [-0.1, -0.05) is 134 Å². The summed E-state index contributed by atoms with van der Waals surface area (Å²) in [6, 6.07) is 13.8. The van der Waals surface area contributed by atoms with Crippen LogP contribution in [0.3, 0.4) is 0 Å². The van der Waals surface area contributed by atoms with Crippen molar-refractivity contribution in [2.24, 2.45) is 0 Å². The van der Waals surface area contributed by atoms with Gasteiger partial charge in [-0.15, -0.1) is 9.05 Å². The van der Waals surface area contributed by atoms with Crippen LogP contribution in [0.15, 0.2) is 48.5 Å². The third-order valence-corrected chi connectivity index (χ3v) is 9.42. The van der Waals surface area contributed by atoms with E-state index in [1.807, 2.05) is 6.92 Å². The molecule has 0 fully saturated rings. The normalized spacial score (nSPS) is 12.5. The maximum Gasteiger partial charge on any atom is 0.572 e. The highest BCUT2D eigenvalue weighted by molar-refractivity contribution is 7.55. The maximum atomic E-state index is 12.3. The van der Waals surface area contributed by atoms with Crippen LogP contribution >= 0.6 is 8.17 Å². The van der Waals surface area contributed by atoms with Crippen LogP contribution in [0.4, 0.5) is 0 Å². The van der Waals surface area contributed by atoms with Crippen LogP contribution in [0.2, 0.25) is 0 Å². The van der Waals surface area contributed by atoms with Gasteiger partial charge in [0.1, 0.15) is 24.7 Å². The molecule has 2 aromatic rings. The predicted octanol–water partition coefficient (Wildman–Crippen LogP) is 11.0. The van der Waals surface area contributed by atoms with Gasteiger partial charge in [-0.2, -0.15) is 9.42 Å². The maximum absolute atomic E-state index is 12.3. The molecular formula is C38H60O8P+. The lowest BCUT2D eigenvalue weighted by molar-refractivity contribution is -0.135. The summed E-state index contributed by atoms with van der Waals surface area (Å²) in [7, 11) is -2.24. The Balaban J connectivity index is 1.56. The van der Waals surface area contributed by atoms with Crippen LogP contribution in [-0.2, 0) is 36.4 Å². The highest BCUT2D eigenvalue weighted by Gasteiger charge is 2.43. The fraction of sp³-hybridized carbons (Fsp3) is 0.632. The van der Waals surface area contributed by atoms with E-state index in [1.165, 1.54) is 90.6 Å². The molecule has 8 nitrogen and oxygen atoms in total. The SMILES string of the molecule is CCCCCCCCCCCCCCCCCC(=O)Oc1ccc(CO[P+](O)(OC)OCc2ccc(OC(=O)CCCC)cc2)cc1. The molecule has 0 aromatic heterocycles. The van der Waals surface area contributed by atoms with Crippen molar-refractivity contribution in [2.75, 3.05) is 7.11 Å². The Kier molecular flexibility index (Phi) is 22.3. The first-order chi connectivity index (χ1) is 22.9. The van der Waals surface area contributed by atoms with E-state index in [9.17, 15) is 14.5 Å². The lowest BCUT2D eigenvalue weighted by Gasteiger charge is -2.13. The highest BCUT2D eigenvalue weighted by atomic mass is 31.2. The Bertz CT molecular complexity index is 1090. The van der Waals surface area contributed by atoms with Gasteiger partial charge in [0.25, 0.3) is 0 Å². The predicted molar refractivity (Wildman–Crippen MR) is 189 cm³/mol. The lowest BCUT2D eigenvalue weighted by Crippen LogP contribution is -2.08. The zero-order valence-corrected chi connectivity index (χ0v) is 30.1. The molecule has 0 aliphatic carbocycles. The number of ether oxygens (including phenoxy) is 2. The topological polar surface area (TPSA) is 101 Å². The van der Waals surface area contributed by atoms with Crippen molar-refractivity contribution < 1.29 is 37.5 Å². The average Bonchev–Trinajstić information content (AvgIpc) is 3.08. The van der Waals surface area contributed by atoms with Gasteiger partial charge in [-0.25, -0.2) is 0 Å². The molecule has 0 heterocycles. The van der Waals surface area contributed by atoms with Gasteiger partial charge in [-0.3, -0.25) is 9.59 Å². The van der Waals surface area contributed by atoms with Gasteiger partial charge in [0.2, 0.25) is 0 Å². The van der Waals surface area contributed by atoms with Crippen LogP contribution < -0.4 is 9.47 Å². The Hall–Kier alpha value is -2.35. The number of carbonyl (C=O) groups is 2. The number of benzene rings is 2. The molecule has 0 bridgehead atoms. The second-order valence-electron chi connectivity index (χ2n) is 12.2. The third kappa shape index (κ3) is 19.9. The van der Waals surface area contributed by atoms with E-state index in [0.717, 1.165) is 36.8 Å². The molecule has 0 radical (unpaired) electrons. The fourth-order valence-electron chi connectivity index (χ4n) is 5.09. The number of rotatable bonds is 28. The molecule has 0 amide bonds. The summed E-state index contributed by atoms with van der Waals surface area (Å²) in [5.74, 6) is 0.458. The molecule has 0 aliphatic rings. The summed E-state index contributed by atoms with van der Waals surface area (Å²) < 4.78 is 27.2. The highest BCUT2D eigenvalue weighted by Crippen LogP contribution is 2.58. The monoisotopic (exact) mass is 675 g/mol. The summed E-state index contributed by atoms with van der Waals surface area (Å²) in [6.07, 6.45) is 21.9. The van der Waals surface area contributed by atoms with Crippen molar-refractivity contribution in [1.82, 2.24) is 0 Å².